The third kappa shape index (κ3) is 4.93. The van der Waals surface area contributed by atoms with Gasteiger partial charge in [-0.15, -0.1) is 0 Å². The maximum absolute atomic E-state index is 13.1. The van der Waals surface area contributed by atoms with Crippen LogP contribution >= 0.6 is 0 Å². The molecule has 0 saturated carbocycles. The first kappa shape index (κ1) is 24.1. The molecule has 5 atom stereocenters. The van der Waals surface area contributed by atoms with Crippen LogP contribution in [0.1, 0.15) is 38.3 Å². The van der Waals surface area contributed by atoms with Gasteiger partial charge in [0.05, 0.1) is 12.3 Å². The summed E-state index contributed by atoms with van der Waals surface area (Å²) >= 11 is 0. The number of hydrogen-bond donors (Lipinski definition) is 4. The third-order valence-electron chi connectivity index (χ3n) is 5.57. The van der Waals surface area contributed by atoms with E-state index in [0.29, 0.717) is 18.0 Å². The minimum Gasteiger partial charge on any atom is -0.394 e. The lowest BCUT2D eigenvalue weighted by Gasteiger charge is -2.40. The molecule has 4 N–H and O–H groups in total. The van der Waals surface area contributed by atoms with E-state index in [1.165, 1.54) is 6.92 Å². The topological polar surface area (TPSA) is 141 Å². The molecule has 1 saturated heterocycles. The van der Waals surface area contributed by atoms with Crippen LogP contribution in [0.4, 0.5) is 5.69 Å². The molecule has 176 valence electrons. The van der Waals surface area contributed by atoms with Gasteiger partial charge in [-0.25, -0.2) is 0 Å². The number of oxime groups is 1. The van der Waals surface area contributed by atoms with Crippen LogP contribution in [0.3, 0.4) is 0 Å². The Bertz CT molecular complexity index is 888. The Morgan fingerprint density at radius 2 is 2.03 bits per heavy atom. The average Bonchev–Trinajstić information content (AvgIpc) is 2.99. The van der Waals surface area contributed by atoms with Crippen LogP contribution in [0.5, 0.6) is 0 Å². The molecule has 0 bridgehead atoms. The summed E-state index contributed by atoms with van der Waals surface area (Å²) in [7, 11) is 0. The Kier molecular flexibility index (Phi) is 7.50. The van der Waals surface area contributed by atoms with E-state index in [1.54, 1.807) is 4.90 Å². The molecule has 1 aromatic rings. The summed E-state index contributed by atoms with van der Waals surface area (Å²) in [4.78, 5) is 31.9. The molecule has 2 aliphatic rings. The number of ether oxygens (including phenoxy) is 1. The van der Waals surface area contributed by atoms with E-state index < -0.39 is 43.2 Å². The zero-order valence-electron chi connectivity index (χ0n) is 18.7. The fraction of sp³-hybridized carbons (Fsp3) is 0.591. The highest BCUT2D eigenvalue weighted by molar-refractivity contribution is 6.54. The van der Waals surface area contributed by atoms with Gasteiger partial charge in [-0.05, 0) is 31.4 Å². The summed E-state index contributed by atoms with van der Waals surface area (Å²) < 4.78 is 5.52. The monoisotopic (exact) mass is 449 g/mol. The predicted molar refractivity (Wildman–Crippen MR) is 116 cm³/mol. The van der Waals surface area contributed by atoms with Crippen molar-refractivity contribution < 1.29 is 34.5 Å². The van der Waals surface area contributed by atoms with Gasteiger partial charge in [-0.3, -0.25) is 9.59 Å². The molecule has 2 amide bonds. The highest BCUT2D eigenvalue weighted by Gasteiger charge is 2.46. The number of aryl methyl sites for hydroxylation is 1. The molecule has 1 aromatic carbocycles. The normalized spacial score (nSPS) is 28.9. The summed E-state index contributed by atoms with van der Waals surface area (Å²) in [5, 5.41) is 36.5. The molecule has 0 aromatic heterocycles. The van der Waals surface area contributed by atoms with Crippen molar-refractivity contribution in [2.24, 2.45) is 11.1 Å². The number of amides is 2. The van der Waals surface area contributed by atoms with Crippen molar-refractivity contribution in [3.63, 3.8) is 0 Å². The van der Waals surface area contributed by atoms with Gasteiger partial charge >= 0.3 is 0 Å². The number of rotatable bonds is 7. The zero-order chi connectivity index (χ0) is 23.6. The van der Waals surface area contributed by atoms with E-state index >= 15 is 0 Å². The predicted octanol–water partition coefficient (Wildman–Crippen LogP) is 0.0521. The van der Waals surface area contributed by atoms with Gasteiger partial charge in [0, 0.05) is 19.0 Å². The second kappa shape index (κ2) is 9.95. The maximum Gasteiger partial charge on any atom is 0.281 e. The molecule has 0 unspecified atom stereocenters. The minimum absolute atomic E-state index is 0.0822. The Labute approximate surface area is 186 Å². The fourth-order valence-electron chi connectivity index (χ4n) is 3.79. The largest absolute Gasteiger partial charge is 0.394 e. The summed E-state index contributed by atoms with van der Waals surface area (Å²) in [5.41, 5.74) is 2.37. The van der Waals surface area contributed by atoms with E-state index in [0.717, 1.165) is 17.7 Å². The van der Waals surface area contributed by atoms with Crippen molar-refractivity contribution in [1.29, 1.82) is 0 Å². The number of fused-ring (bicyclic) bond motifs is 1. The first-order chi connectivity index (χ1) is 15.1. The summed E-state index contributed by atoms with van der Waals surface area (Å²) in [6.45, 7) is 7.25. The Morgan fingerprint density at radius 1 is 1.31 bits per heavy atom. The Balaban J connectivity index is 1.89. The van der Waals surface area contributed by atoms with E-state index in [9.17, 15) is 24.9 Å². The van der Waals surface area contributed by atoms with Gasteiger partial charge in [0.15, 0.2) is 5.71 Å². The van der Waals surface area contributed by atoms with Crippen LogP contribution in [0.15, 0.2) is 23.4 Å². The summed E-state index contributed by atoms with van der Waals surface area (Å²) in [6.07, 6.45) is -4.56. The Morgan fingerprint density at radius 3 is 2.66 bits per heavy atom. The van der Waals surface area contributed by atoms with Crippen molar-refractivity contribution in [3.05, 3.63) is 29.3 Å². The SMILES string of the molecule is CC(=O)N[C@H]1[C@H](O/N=C2\C(=O)N(CCC(C)C)c3ccc(C)cc32)O[C@@H](CO)[C@@H](O)[C@H]1O. The summed E-state index contributed by atoms with van der Waals surface area (Å²) in [5.74, 6) is -0.393. The number of benzene rings is 1. The zero-order valence-corrected chi connectivity index (χ0v) is 18.7. The lowest BCUT2D eigenvalue weighted by Crippen LogP contribution is -2.64. The molecule has 10 nitrogen and oxygen atoms in total. The van der Waals surface area contributed by atoms with E-state index in [2.05, 4.69) is 24.3 Å². The number of nitrogens with zero attached hydrogens (tertiary/aromatic N) is 2. The van der Waals surface area contributed by atoms with Crippen molar-refractivity contribution >= 4 is 23.2 Å². The molecule has 10 heteroatoms. The molecule has 0 aliphatic carbocycles. The van der Waals surface area contributed by atoms with Gasteiger partial charge < -0.3 is 35.1 Å². The van der Waals surface area contributed by atoms with Crippen LogP contribution in [0, 0.1) is 12.8 Å². The van der Waals surface area contributed by atoms with Crippen molar-refractivity contribution in [2.45, 2.75) is 64.8 Å². The molecular formula is C22H31N3O7. The van der Waals surface area contributed by atoms with E-state index in [4.69, 9.17) is 9.57 Å². The first-order valence-corrected chi connectivity index (χ1v) is 10.7. The summed E-state index contributed by atoms with van der Waals surface area (Å²) in [6, 6.07) is 4.47. The van der Waals surface area contributed by atoms with Gasteiger partial charge in [0.2, 0.25) is 12.2 Å². The van der Waals surface area contributed by atoms with Crippen LogP contribution in [0.2, 0.25) is 0 Å². The first-order valence-electron chi connectivity index (χ1n) is 10.7. The molecular weight excluding hydrogens is 418 g/mol. The fourth-order valence-corrected chi connectivity index (χ4v) is 3.79. The second-order valence-electron chi connectivity index (χ2n) is 8.64. The lowest BCUT2D eigenvalue weighted by atomic mass is 9.97. The number of aliphatic hydroxyl groups excluding tert-OH is 3. The Hall–Kier alpha value is -2.53. The molecule has 1 fully saturated rings. The molecule has 2 heterocycles. The quantitative estimate of drug-likeness (QED) is 0.431. The minimum atomic E-state index is -1.47. The van der Waals surface area contributed by atoms with Crippen molar-refractivity contribution in [2.75, 3.05) is 18.1 Å². The van der Waals surface area contributed by atoms with Gasteiger partial charge in [-0.1, -0.05) is 30.6 Å². The van der Waals surface area contributed by atoms with Gasteiger partial charge in [-0.2, -0.15) is 0 Å². The van der Waals surface area contributed by atoms with Crippen LogP contribution in [0.25, 0.3) is 0 Å². The van der Waals surface area contributed by atoms with Crippen LogP contribution in [-0.2, 0) is 19.2 Å². The molecule has 0 spiro atoms. The lowest BCUT2D eigenvalue weighted by molar-refractivity contribution is -0.270. The van der Waals surface area contributed by atoms with Crippen molar-refractivity contribution in [1.82, 2.24) is 5.32 Å². The number of hydrogen-bond acceptors (Lipinski definition) is 8. The number of nitrogens with one attached hydrogen (secondary N) is 1. The van der Waals surface area contributed by atoms with Crippen LogP contribution < -0.4 is 10.2 Å². The second-order valence-corrected chi connectivity index (χ2v) is 8.64. The molecule has 32 heavy (non-hydrogen) atoms. The standard InChI is InChI=1S/C22H31N3O7/c1-11(2)7-8-25-15-6-5-12(3)9-14(15)17(21(25)30)24-32-22-18(23-13(4)27)20(29)19(28)16(10-26)31-22/h5-6,9,11,16,18-20,22,26,28-29H,7-8,10H2,1-4H3,(H,23,27)/b24-17-/t16-,18+,19+,20-,22-/m0/s1. The number of aliphatic hydroxyl groups is 3. The van der Waals surface area contributed by atoms with Crippen molar-refractivity contribution in [3.8, 4) is 0 Å². The van der Waals surface area contributed by atoms with Gasteiger partial charge in [0.25, 0.3) is 5.91 Å². The molecule has 0 radical (unpaired) electrons. The van der Waals surface area contributed by atoms with E-state index in [1.807, 2.05) is 25.1 Å². The number of carbonyl (C=O) groups excluding carboxylic acids is 2. The van der Waals surface area contributed by atoms with Gasteiger partial charge in [0.1, 0.15) is 24.4 Å². The number of anilines is 1. The average molecular weight is 450 g/mol. The third-order valence-corrected chi connectivity index (χ3v) is 5.57. The maximum atomic E-state index is 13.1. The molecule has 3 rings (SSSR count). The van der Waals surface area contributed by atoms with Crippen LogP contribution in [-0.4, -0.2) is 76.6 Å². The smallest absolute Gasteiger partial charge is 0.281 e. The highest BCUT2D eigenvalue weighted by Crippen LogP contribution is 2.31. The molecule has 2 aliphatic heterocycles. The highest BCUT2D eigenvalue weighted by atomic mass is 16.8. The number of carbonyl (C=O) groups is 2. The van der Waals surface area contributed by atoms with E-state index in [-0.39, 0.29) is 11.6 Å².